The molecule has 104 valence electrons. The van der Waals surface area contributed by atoms with E-state index in [9.17, 15) is 0 Å². The van der Waals surface area contributed by atoms with Crippen molar-refractivity contribution in [2.24, 2.45) is 0 Å². The molecule has 4 heteroatoms. The largest absolute Gasteiger partial charge is 0.264 e. The second-order valence-corrected chi connectivity index (χ2v) is 5.57. The Bertz CT molecular complexity index is 625. The normalized spacial score (nSPS) is 14.7. The van der Waals surface area contributed by atoms with Crippen LogP contribution in [-0.4, -0.2) is 15.0 Å². The van der Waals surface area contributed by atoms with Crippen molar-refractivity contribution in [2.45, 2.75) is 45.4 Å². The van der Waals surface area contributed by atoms with Crippen LogP contribution >= 0.6 is 11.6 Å². The highest BCUT2D eigenvalue weighted by Gasteiger charge is 2.17. The summed E-state index contributed by atoms with van der Waals surface area (Å²) in [5.41, 5.74) is 4.50. The summed E-state index contributed by atoms with van der Waals surface area (Å²) in [4.78, 5) is 13.5. The molecule has 0 unspecified atom stereocenters. The Kier molecular flexibility index (Phi) is 3.97. The molecule has 2 heterocycles. The standard InChI is InChI=1S/C16H18ClN3/c1-2-11-10-18-9-8-12(11)16-19-14-7-5-3-4-6-13(14)15(17)20-16/h8-10H,2-7H2,1H3. The number of pyridine rings is 1. The van der Waals surface area contributed by atoms with Gasteiger partial charge < -0.3 is 0 Å². The van der Waals surface area contributed by atoms with Crippen LogP contribution in [0.25, 0.3) is 11.4 Å². The van der Waals surface area contributed by atoms with Gasteiger partial charge in [0.1, 0.15) is 5.15 Å². The molecule has 0 saturated heterocycles. The lowest BCUT2D eigenvalue weighted by atomic mass is 10.1. The molecule has 1 aliphatic carbocycles. The molecule has 0 radical (unpaired) electrons. The van der Waals surface area contributed by atoms with Crippen molar-refractivity contribution < 1.29 is 0 Å². The predicted molar refractivity (Wildman–Crippen MR) is 80.9 cm³/mol. The quantitative estimate of drug-likeness (QED) is 0.618. The molecule has 0 aliphatic heterocycles. The first-order valence-electron chi connectivity index (χ1n) is 7.28. The predicted octanol–water partition coefficient (Wildman–Crippen LogP) is 4.02. The Morgan fingerprint density at radius 1 is 1.15 bits per heavy atom. The maximum Gasteiger partial charge on any atom is 0.161 e. The van der Waals surface area contributed by atoms with Crippen molar-refractivity contribution >= 4 is 11.6 Å². The van der Waals surface area contributed by atoms with Gasteiger partial charge in [-0.1, -0.05) is 24.9 Å². The number of aryl methyl sites for hydroxylation is 2. The number of hydrogen-bond acceptors (Lipinski definition) is 3. The lowest BCUT2D eigenvalue weighted by Crippen LogP contribution is -2.03. The summed E-state index contributed by atoms with van der Waals surface area (Å²) in [7, 11) is 0. The molecule has 0 fully saturated rings. The molecule has 1 aliphatic rings. The molecular formula is C16H18ClN3. The summed E-state index contributed by atoms with van der Waals surface area (Å²) < 4.78 is 0. The molecule has 0 atom stereocenters. The number of hydrogen-bond donors (Lipinski definition) is 0. The fourth-order valence-electron chi connectivity index (χ4n) is 2.77. The second kappa shape index (κ2) is 5.88. The first-order valence-corrected chi connectivity index (χ1v) is 7.66. The monoisotopic (exact) mass is 287 g/mol. The molecule has 3 rings (SSSR count). The minimum Gasteiger partial charge on any atom is -0.264 e. The second-order valence-electron chi connectivity index (χ2n) is 5.21. The van der Waals surface area contributed by atoms with Gasteiger partial charge in [0.05, 0.1) is 0 Å². The van der Waals surface area contributed by atoms with Crippen molar-refractivity contribution in [3.63, 3.8) is 0 Å². The van der Waals surface area contributed by atoms with E-state index in [1.807, 2.05) is 12.3 Å². The highest BCUT2D eigenvalue weighted by molar-refractivity contribution is 6.30. The van der Waals surface area contributed by atoms with Gasteiger partial charge in [0.25, 0.3) is 0 Å². The Balaban J connectivity index is 2.11. The molecule has 2 aromatic heterocycles. The van der Waals surface area contributed by atoms with Crippen LogP contribution < -0.4 is 0 Å². The summed E-state index contributed by atoms with van der Waals surface area (Å²) in [6.45, 7) is 2.12. The van der Waals surface area contributed by atoms with E-state index in [2.05, 4.69) is 16.9 Å². The molecule has 0 amide bonds. The Morgan fingerprint density at radius 2 is 2.00 bits per heavy atom. The zero-order chi connectivity index (χ0) is 13.9. The SMILES string of the molecule is CCc1cnccc1-c1nc(Cl)c2c(n1)CCCCC2. The van der Waals surface area contributed by atoms with E-state index >= 15 is 0 Å². The van der Waals surface area contributed by atoms with Crippen LogP contribution in [-0.2, 0) is 19.3 Å². The van der Waals surface area contributed by atoms with Crippen molar-refractivity contribution in [2.75, 3.05) is 0 Å². The lowest BCUT2D eigenvalue weighted by molar-refractivity contribution is 0.709. The minimum absolute atomic E-state index is 0.630. The van der Waals surface area contributed by atoms with E-state index in [1.54, 1.807) is 6.20 Å². The highest BCUT2D eigenvalue weighted by Crippen LogP contribution is 2.28. The van der Waals surface area contributed by atoms with Crippen LogP contribution in [0.1, 0.15) is 43.0 Å². The molecule has 2 aromatic rings. The van der Waals surface area contributed by atoms with Gasteiger partial charge in [-0.3, -0.25) is 4.98 Å². The van der Waals surface area contributed by atoms with Gasteiger partial charge in [0, 0.05) is 29.2 Å². The smallest absolute Gasteiger partial charge is 0.161 e. The van der Waals surface area contributed by atoms with Crippen LogP contribution in [0.5, 0.6) is 0 Å². The van der Waals surface area contributed by atoms with Gasteiger partial charge in [-0.2, -0.15) is 0 Å². The number of aromatic nitrogens is 3. The highest BCUT2D eigenvalue weighted by atomic mass is 35.5. The number of nitrogens with zero attached hydrogens (tertiary/aromatic N) is 3. The molecule has 0 N–H and O–H groups in total. The summed E-state index contributed by atoms with van der Waals surface area (Å²) >= 11 is 6.40. The molecule has 3 nitrogen and oxygen atoms in total. The van der Waals surface area contributed by atoms with Crippen LogP contribution in [0, 0.1) is 0 Å². The Hall–Kier alpha value is -1.48. The van der Waals surface area contributed by atoms with E-state index in [0.717, 1.165) is 47.5 Å². The maximum absolute atomic E-state index is 6.40. The Labute approximate surface area is 124 Å². The average molecular weight is 288 g/mol. The fraction of sp³-hybridized carbons (Fsp3) is 0.438. The zero-order valence-corrected chi connectivity index (χ0v) is 12.5. The minimum atomic E-state index is 0.630. The fourth-order valence-corrected chi connectivity index (χ4v) is 3.06. The van der Waals surface area contributed by atoms with Gasteiger partial charge in [-0.05, 0) is 43.7 Å². The van der Waals surface area contributed by atoms with E-state index < -0.39 is 0 Å². The molecular weight excluding hydrogens is 270 g/mol. The first-order chi connectivity index (χ1) is 9.79. The number of rotatable bonds is 2. The maximum atomic E-state index is 6.40. The van der Waals surface area contributed by atoms with E-state index in [0.29, 0.717) is 5.15 Å². The zero-order valence-electron chi connectivity index (χ0n) is 11.7. The third-order valence-electron chi connectivity index (χ3n) is 3.91. The van der Waals surface area contributed by atoms with E-state index in [1.165, 1.54) is 19.3 Å². The lowest BCUT2D eigenvalue weighted by Gasteiger charge is -2.11. The first kappa shape index (κ1) is 13.5. The molecule has 20 heavy (non-hydrogen) atoms. The molecule has 0 saturated carbocycles. The van der Waals surface area contributed by atoms with Crippen LogP contribution in [0.4, 0.5) is 0 Å². The summed E-state index contributed by atoms with van der Waals surface area (Å²) in [5, 5.41) is 0.630. The van der Waals surface area contributed by atoms with Crippen molar-refractivity contribution in [3.05, 3.63) is 40.4 Å². The van der Waals surface area contributed by atoms with Crippen molar-refractivity contribution in [1.29, 1.82) is 0 Å². The van der Waals surface area contributed by atoms with Crippen LogP contribution in [0.2, 0.25) is 5.15 Å². The van der Waals surface area contributed by atoms with Crippen LogP contribution in [0.15, 0.2) is 18.5 Å². The third kappa shape index (κ3) is 2.55. The summed E-state index contributed by atoms with van der Waals surface area (Å²) in [6.07, 6.45) is 10.2. The van der Waals surface area contributed by atoms with Crippen molar-refractivity contribution in [3.8, 4) is 11.4 Å². The summed E-state index contributed by atoms with van der Waals surface area (Å²) in [6, 6.07) is 1.98. The number of halogens is 1. The molecule has 0 spiro atoms. The van der Waals surface area contributed by atoms with Gasteiger partial charge >= 0.3 is 0 Å². The molecule has 0 bridgehead atoms. The Morgan fingerprint density at radius 3 is 2.85 bits per heavy atom. The topological polar surface area (TPSA) is 38.7 Å². The molecule has 0 aromatic carbocycles. The van der Waals surface area contributed by atoms with Gasteiger partial charge in [0.2, 0.25) is 0 Å². The average Bonchev–Trinajstić information content (AvgIpc) is 2.73. The van der Waals surface area contributed by atoms with E-state index in [-0.39, 0.29) is 0 Å². The van der Waals surface area contributed by atoms with Crippen LogP contribution in [0.3, 0.4) is 0 Å². The van der Waals surface area contributed by atoms with E-state index in [4.69, 9.17) is 16.6 Å². The van der Waals surface area contributed by atoms with Gasteiger partial charge in [-0.15, -0.1) is 0 Å². The van der Waals surface area contributed by atoms with Gasteiger partial charge in [-0.25, -0.2) is 9.97 Å². The number of fused-ring (bicyclic) bond motifs is 1. The van der Waals surface area contributed by atoms with Crippen molar-refractivity contribution in [1.82, 2.24) is 15.0 Å². The summed E-state index contributed by atoms with van der Waals surface area (Å²) in [5.74, 6) is 0.745. The van der Waals surface area contributed by atoms with Gasteiger partial charge in [0.15, 0.2) is 5.82 Å². The third-order valence-corrected chi connectivity index (χ3v) is 4.22.